The van der Waals surface area contributed by atoms with Crippen molar-refractivity contribution < 1.29 is 9.53 Å². The van der Waals surface area contributed by atoms with Crippen molar-refractivity contribution in [2.24, 2.45) is 0 Å². The lowest BCUT2D eigenvalue weighted by molar-refractivity contribution is -0.122. The van der Waals surface area contributed by atoms with Crippen LogP contribution in [0.1, 0.15) is 29.9 Å². The van der Waals surface area contributed by atoms with Crippen LogP contribution in [0.15, 0.2) is 78.9 Å². The van der Waals surface area contributed by atoms with Crippen LogP contribution in [0.2, 0.25) is 0 Å². The molecule has 3 aromatic carbocycles. The van der Waals surface area contributed by atoms with Crippen molar-refractivity contribution >= 4 is 16.9 Å². The molecule has 0 saturated carbocycles. The lowest BCUT2D eigenvalue weighted by Crippen LogP contribution is -2.31. The Balaban J connectivity index is 1.53. The predicted molar refractivity (Wildman–Crippen MR) is 118 cm³/mol. The number of aryl methyl sites for hydroxylation is 1. The van der Waals surface area contributed by atoms with E-state index in [2.05, 4.69) is 18.3 Å². The molecule has 0 aliphatic carbocycles. The van der Waals surface area contributed by atoms with Crippen molar-refractivity contribution in [1.29, 1.82) is 0 Å². The average molecular weight is 399 g/mol. The first-order valence-electron chi connectivity index (χ1n) is 10.1. The highest BCUT2D eigenvalue weighted by Gasteiger charge is 2.16. The molecule has 0 unspecified atom stereocenters. The molecule has 0 bridgehead atoms. The number of fused-ring (bicyclic) bond motifs is 1. The fourth-order valence-electron chi connectivity index (χ4n) is 3.66. The molecular weight excluding hydrogens is 374 g/mol. The van der Waals surface area contributed by atoms with Crippen molar-refractivity contribution in [2.75, 3.05) is 0 Å². The molecule has 4 aromatic rings. The normalized spacial score (nSPS) is 11.9. The largest absolute Gasteiger partial charge is 0.486 e. The van der Waals surface area contributed by atoms with Crippen LogP contribution in [-0.4, -0.2) is 15.5 Å². The molecule has 1 amide bonds. The van der Waals surface area contributed by atoms with Crippen molar-refractivity contribution in [3.05, 3.63) is 95.8 Å². The number of aromatic nitrogens is 2. The van der Waals surface area contributed by atoms with E-state index >= 15 is 0 Å². The molecule has 0 aliphatic heterocycles. The number of imidazole rings is 1. The van der Waals surface area contributed by atoms with E-state index < -0.39 is 0 Å². The molecule has 0 saturated heterocycles. The van der Waals surface area contributed by atoms with Crippen LogP contribution in [0.5, 0.6) is 5.75 Å². The van der Waals surface area contributed by atoms with Gasteiger partial charge in [0.15, 0.2) is 0 Å². The summed E-state index contributed by atoms with van der Waals surface area (Å²) in [6, 6.07) is 25.5. The number of ether oxygens (including phenoxy) is 1. The third-order valence-corrected chi connectivity index (χ3v) is 5.18. The molecule has 5 heteroatoms. The van der Waals surface area contributed by atoms with Gasteiger partial charge in [-0.3, -0.25) is 4.79 Å². The summed E-state index contributed by atoms with van der Waals surface area (Å²) in [5, 5.41) is 3.11. The van der Waals surface area contributed by atoms with E-state index in [9.17, 15) is 4.79 Å². The van der Waals surface area contributed by atoms with Gasteiger partial charge in [-0.05, 0) is 49.2 Å². The summed E-state index contributed by atoms with van der Waals surface area (Å²) in [6.45, 7) is 4.54. The smallest absolute Gasteiger partial charge is 0.240 e. The summed E-state index contributed by atoms with van der Waals surface area (Å²) < 4.78 is 7.82. The van der Waals surface area contributed by atoms with Crippen LogP contribution < -0.4 is 10.1 Å². The van der Waals surface area contributed by atoms with E-state index in [-0.39, 0.29) is 18.5 Å². The Hall–Kier alpha value is -3.60. The second kappa shape index (κ2) is 8.82. The van der Waals surface area contributed by atoms with E-state index in [1.807, 2.05) is 84.3 Å². The van der Waals surface area contributed by atoms with Crippen molar-refractivity contribution in [1.82, 2.24) is 14.9 Å². The standard InChI is InChI=1S/C25H25N3O2/c1-18-10-6-7-13-21(18)19(2)26-25(29)16-28-23-15-9-8-14-22(23)27-24(28)17-30-20-11-4-3-5-12-20/h3-15,19H,16-17H2,1-2H3,(H,26,29)/t19-/m0/s1. The molecule has 0 aliphatic rings. The average Bonchev–Trinajstić information content (AvgIpc) is 3.10. The number of amides is 1. The van der Waals surface area contributed by atoms with Crippen LogP contribution in [0.4, 0.5) is 0 Å². The van der Waals surface area contributed by atoms with Crippen molar-refractivity contribution in [3.8, 4) is 5.75 Å². The predicted octanol–water partition coefficient (Wildman–Crippen LogP) is 4.80. The maximum absolute atomic E-state index is 12.9. The van der Waals surface area contributed by atoms with Gasteiger partial charge in [-0.25, -0.2) is 4.98 Å². The zero-order valence-corrected chi connectivity index (χ0v) is 17.2. The lowest BCUT2D eigenvalue weighted by atomic mass is 10.0. The van der Waals surface area contributed by atoms with Gasteiger partial charge in [0.2, 0.25) is 5.91 Å². The molecule has 0 spiro atoms. The Labute approximate surface area is 176 Å². The second-order valence-electron chi connectivity index (χ2n) is 7.35. The second-order valence-corrected chi connectivity index (χ2v) is 7.35. The van der Waals surface area contributed by atoms with E-state index in [0.29, 0.717) is 6.61 Å². The highest BCUT2D eigenvalue weighted by Crippen LogP contribution is 2.20. The number of carbonyl (C=O) groups is 1. The lowest BCUT2D eigenvalue weighted by Gasteiger charge is -2.17. The number of benzene rings is 3. The Kier molecular flexibility index (Phi) is 5.80. The van der Waals surface area contributed by atoms with Crippen LogP contribution in [-0.2, 0) is 17.9 Å². The Morgan fingerprint density at radius 2 is 1.70 bits per heavy atom. The van der Waals surface area contributed by atoms with Crippen LogP contribution in [0, 0.1) is 6.92 Å². The SMILES string of the molecule is Cc1ccccc1[C@H](C)NC(=O)Cn1c(COc2ccccc2)nc2ccccc21. The summed E-state index contributed by atoms with van der Waals surface area (Å²) in [5.74, 6) is 1.43. The van der Waals surface area contributed by atoms with Crippen LogP contribution in [0.25, 0.3) is 11.0 Å². The number of para-hydroxylation sites is 3. The van der Waals surface area contributed by atoms with Gasteiger partial charge in [-0.15, -0.1) is 0 Å². The summed E-state index contributed by atoms with van der Waals surface area (Å²) in [6.07, 6.45) is 0. The summed E-state index contributed by atoms with van der Waals surface area (Å²) >= 11 is 0. The Morgan fingerprint density at radius 3 is 2.50 bits per heavy atom. The first kappa shape index (κ1) is 19.7. The maximum atomic E-state index is 12.9. The maximum Gasteiger partial charge on any atom is 0.240 e. The van der Waals surface area contributed by atoms with Crippen molar-refractivity contribution in [2.45, 2.75) is 33.0 Å². The Bertz CT molecular complexity index is 1150. The monoisotopic (exact) mass is 399 g/mol. The number of hydrogen-bond acceptors (Lipinski definition) is 3. The minimum absolute atomic E-state index is 0.0603. The molecule has 4 rings (SSSR count). The minimum atomic E-state index is -0.0718. The minimum Gasteiger partial charge on any atom is -0.486 e. The third-order valence-electron chi connectivity index (χ3n) is 5.18. The molecule has 5 nitrogen and oxygen atoms in total. The molecule has 0 fully saturated rings. The number of nitrogens with one attached hydrogen (secondary N) is 1. The Morgan fingerprint density at radius 1 is 1.00 bits per heavy atom. The fourth-order valence-corrected chi connectivity index (χ4v) is 3.66. The summed E-state index contributed by atoms with van der Waals surface area (Å²) in [5.41, 5.74) is 4.05. The van der Waals surface area contributed by atoms with Gasteiger partial charge in [0.25, 0.3) is 0 Å². The first-order valence-corrected chi connectivity index (χ1v) is 10.1. The van der Waals surface area contributed by atoms with Gasteiger partial charge in [0.1, 0.15) is 24.7 Å². The zero-order valence-electron chi connectivity index (χ0n) is 17.2. The third kappa shape index (κ3) is 4.35. The van der Waals surface area contributed by atoms with Gasteiger partial charge < -0.3 is 14.6 Å². The molecule has 1 aromatic heterocycles. The highest BCUT2D eigenvalue weighted by atomic mass is 16.5. The highest BCUT2D eigenvalue weighted by molar-refractivity contribution is 5.81. The number of hydrogen-bond donors (Lipinski definition) is 1. The number of rotatable bonds is 7. The molecular formula is C25H25N3O2. The van der Waals surface area contributed by atoms with Gasteiger partial charge in [0, 0.05) is 0 Å². The molecule has 0 radical (unpaired) electrons. The molecule has 1 heterocycles. The topological polar surface area (TPSA) is 56.2 Å². The van der Waals surface area contributed by atoms with E-state index in [1.165, 1.54) is 0 Å². The molecule has 152 valence electrons. The molecule has 1 atom stereocenters. The van der Waals surface area contributed by atoms with Crippen LogP contribution in [0.3, 0.4) is 0 Å². The number of carbonyl (C=O) groups excluding carboxylic acids is 1. The summed E-state index contributed by atoms with van der Waals surface area (Å²) in [7, 11) is 0. The zero-order chi connectivity index (χ0) is 20.9. The van der Waals surface area contributed by atoms with Gasteiger partial charge in [-0.2, -0.15) is 0 Å². The van der Waals surface area contributed by atoms with Crippen molar-refractivity contribution in [3.63, 3.8) is 0 Å². The molecule has 1 N–H and O–H groups in total. The fraction of sp³-hybridized carbons (Fsp3) is 0.200. The van der Waals surface area contributed by atoms with E-state index in [0.717, 1.165) is 33.7 Å². The van der Waals surface area contributed by atoms with Gasteiger partial charge in [-0.1, -0.05) is 54.6 Å². The van der Waals surface area contributed by atoms with Gasteiger partial charge >= 0.3 is 0 Å². The summed E-state index contributed by atoms with van der Waals surface area (Å²) in [4.78, 5) is 17.6. The first-order chi connectivity index (χ1) is 14.6. The quantitative estimate of drug-likeness (QED) is 0.486. The van der Waals surface area contributed by atoms with Crippen LogP contribution >= 0.6 is 0 Å². The van der Waals surface area contributed by atoms with E-state index in [1.54, 1.807) is 0 Å². The van der Waals surface area contributed by atoms with E-state index in [4.69, 9.17) is 9.72 Å². The molecule has 30 heavy (non-hydrogen) atoms. The number of nitrogens with zero attached hydrogens (tertiary/aromatic N) is 2. The van der Waals surface area contributed by atoms with Gasteiger partial charge in [0.05, 0.1) is 17.1 Å².